The maximum Gasteiger partial charge on any atom is 0.404 e. The van der Waals surface area contributed by atoms with Crippen LogP contribution in [0.1, 0.15) is 17.5 Å². The number of halogens is 1. The Morgan fingerprint density at radius 3 is 3.00 bits per heavy atom. The zero-order valence-electron chi connectivity index (χ0n) is 11.4. The maximum absolute atomic E-state index is 14.5. The van der Waals surface area contributed by atoms with Crippen LogP contribution in [0.4, 0.5) is 9.18 Å². The zero-order valence-corrected chi connectivity index (χ0v) is 11.4. The average molecular weight is 278 g/mol. The summed E-state index contributed by atoms with van der Waals surface area (Å²) in [6.07, 6.45) is -0.0756. The molecule has 0 spiro atoms. The van der Waals surface area contributed by atoms with Crippen molar-refractivity contribution in [1.82, 2.24) is 10.6 Å². The molecule has 2 aliphatic rings. The number of fused-ring (bicyclic) bond motifs is 1. The Kier molecular flexibility index (Phi) is 3.17. The van der Waals surface area contributed by atoms with E-state index in [1.807, 2.05) is 12.1 Å². The number of aryl methyl sites for hydroxylation is 1. The number of nitrogens with one attached hydrogen (secondary N) is 2. The van der Waals surface area contributed by atoms with E-state index >= 15 is 0 Å². The van der Waals surface area contributed by atoms with Crippen molar-refractivity contribution in [2.24, 2.45) is 11.8 Å². The number of hydrogen-bond donors (Lipinski definition) is 3. The summed E-state index contributed by atoms with van der Waals surface area (Å²) < 4.78 is 14.5. The van der Waals surface area contributed by atoms with Gasteiger partial charge in [-0.1, -0.05) is 18.2 Å². The molecule has 0 unspecified atom stereocenters. The van der Waals surface area contributed by atoms with Gasteiger partial charge in [-0.25, -0.2) is 9.18 Å². The SMILES string of the molecule is Cc1cccc([C@@]2(CNC(=O)O)[C@@H]3CCNC[C@@H]32)c1F. The molecule has 0 bridgehead atoms. The molecule has 0 radical (unpaired) electrons. The van der Waals surface area contributed by atoms with Crippen LogP contribution in [0.25, 0.3) is 0 Å². The first-order chi connectivity index (χ1) is 9.57. The molecule has 1 aliphatic heterocycles. The highest BCUT2D eigenvalue weighted by Gasteiger charge is 2.66. The van der Waals surface area contributed by atoms with Crippen LogP contribution in [-0.2, 0) is 5.41 Å². The molecule has 1 aromatic carbocycles. The fraction of sp³-hybridized carbons (Fsp3) is 0.533. The van der Waals surface area contributed by atoms with Crippen LogP contribution in [0.3, 0.4) is 0 Å². The normalized spacial score (nSPS) is 31.5. The van der Waals surface area contributed by atoms with E-state index in [2.05, 4.69) is 10.6 Å². The zero-order chi connectivity index (χ0) is 14.3. The monoisotopic (exact) mass is 278 g/mol. The van der Waals surface area contributed by atoms with E-state index in [-0.39, 0.29) is 11.2 Å². The predicted molar refractivity (Wildman–Crippen MR) is 73.3 cm³/mol. The lowest BCUT2D eigenvalue weighted by Crippen LogP contribution is -2.34. The van der Waals surface area contributed by atoms with Crippen LogP contribution in [0, 0.1) is 24.6 Å². The van der Waals surface area contributed by atoms with E-state index in [4.69, 9.17) is 5.11 Å². The van der Waals surface area contributed by atoms with Gasteiger partial charge < -0.3 is 15.7 Å². The molecular formula is C15H19FN2O2. The fourth-order valence-electron chi connectivity index (χ4n) is 3.89. The quantitative estimate of drug-likeness (QED) is 0.791. The second-order valence-electron chi connectivity index (χ2n) is 5.84. The minimum atomic E-state index is -1.05. The van der Waals surface area contributed by atoms with E-state index in [1.165, 1.54) is 0 Å². The molecule has 1 amide bonds. The topological polar surface area (TPSA) is 61.4 Å². The van der Waals surface area contributed by atoms with Crippen molar-refractivity contribution in [3.05, 3.63) is 35.1 Å². The smallest absolute Gasteiger partial charge is 0.404 e. The molecule has 1 heterocycles. The van der Waals surface area contributed by atoms with E-state index in [1.54, 1.807) is 13.0 Å². The molecule has 1 aromatic rings. The van der Waals surface area contributed by atoms with Gasteiger partial charge in [-0.05, 0) is 49.4 Å². The van der Waals surface area contributed by atoms with E-state index in [0.717, 1.165) is 19.5 Å². The number of hydrogen-bond acceptors (Lipinski definition) is 2. The number of rotatable bonds is 3. The van der Waals surface area contributed by atoms with Gasteiger partial charge in [0.2, 0.25) is 0 Å². The Bertz CT molecular complexity index is 535. The Morgan fingerprint density at radius 2 is 2.35 bits per heavy atom. The summed E-state index contributed by atoms with van der Waals surface area (Å²) >= 11 is 0. The van der Waals surface area contributed by atoms with Crippen molar-refractivity contribution < 1.29 is 14.3 Å². The Labute approximate surface area is 117 Å². The highest BCUT2D eigenvalue weighted by atomic mass is 19.1. The van der Waals surface area contributed by atoms with Gasteiger partial charge in [0.05, 0.1) is 0 Å². The van der Waals surface area contributed by atoms with Crippen LogP contribution in [0.15, 0.2) is 18.2 Å². The van der Waals surface area contributed by atoms with E-state index in [9.17, 15) is 9.18 Å². The first-order valence-electron chi connectivity index (χ1n) is 7.00. The van der Waals surface area contributed by atoms with E-state index < -0.39 is 6.09 Å². The second-order valence-corrected chi connectivity index (χ2v) is 5.84. The highest BCUT2D eigenvalue weighted by molar-refractivity contribution is 5.65. The minimum absolute atomic E-state index is 0.186. The number of carboxylic acid groups (broad SMARTS) is 1. The summed E-state index contributed by atoms with van der Waals surface area (Å²) in [4.78, 5) is 10.8. The highest BCUT2D eigenvalue weighted by Crippen LogP contribution is 2.62. The third kappa shape index (κ3) is 1.88. The van der Waals surface area contributed by atoms with Gasteiger partial charge in [0, 0.05) is 12.0 Å². The molecule has 4 nitrogen and oxygen atoms in total. The molecule has 3 atom stereocenters. The summed E-state index contributed by atoms with van der Waals surface area (Å²) in [6, 6.07) is 5.42. The average Bonchev–Trinajstić information content (AvgIpc) is 3.09. The first-order valence-corrected chi connectivity index (χ1v) is 7.00. The van der Waals surface area contributed by atoms with E-state index in [0.29, 0.717) is 29.5 Å². The number of amides is 1. The third-order valence-corrected chi connectivity index (χ3v) is 4.92. The molecule has 108 valence electrons. The predicted octanol–water partition coefficient (Wildman–Crippen LogP) is 1.88. The van der Waals surface area contributed by atoms with Crippen molar-refractivity contribution in [3.63, 3.8) is 0 Å². The Balaban J connectivity index is 1.98. The van der Waals surface area contributed by atoms with Crippen LogP contribution >= 0.6 is 0 Å². The molecule has 20 heavy (non-hydrogen) atoms. The summed E-state index contributed by atoms with van der Waals surface area (Å²) in [5.74, 6) is 0.500. The minimum Gasteiger partial charge on any atom is -0.465 e. The molecular weight excluding hydrogens is 259 g/mol. The maximum atomic E-state index is 14.5. The first kappa shape index (κ1) is 13.4. The molecule has 1 saturated heterocycles. The standard InChI is InChI=1S/C15H19FN2O2/c1-9-3-2-4-11(13(9)16)15(8-18-14(19)20)10-5-6-17-7-12(10)15/h2-4,10,12,17-18H,5-8H2,1H3,(H,19,20)/t10-,12+,15-/m1/s1. The van der Waals surface area contributed by atoms with Crippen molar-refractivity contribution in [2.75, 3.05) is 19.6 Å². The Hall–Kier alpha value is -1.62. The largest absolute Gasteiger partial charge is 0.465 e. The summed E-state index contributed by atoms with van der Waals surface area (Å²) in [7, 11) is 0. The fourth-order valence-corrected chi connectivity index (χ4v) is 3.89. The van der Waals surface area contributed by atoms with Crippen LogP contribution in [0.2, 0.25) is 0 Å². The van der Waals surface area contributed by atoms with Gasteiger partial charge in [0.15, 0.2) is 0 Å². The number of carbonyl (C=O) groups is 1. The van der Waals surface area contributed by atoms with Gasteiger partial charge in [-0.3, -0.25) is 0 Å². The van der Waals surface area contributed by atoms with Crippen LogP contribution < -0.4 is 10.6 Å². The van der Waals surface area contributed by atoms with Gasteiger partial charge >= 0.3 is 6.09 Å². The van der Waals surface area contributed by atoms with Gasteiger partial charge in [-0.15, -0.1) is 0 Å². The summed E-state index contributed by atoms with van der Waals surface area (Å²) in [6.45, 7) is 3.80. The van der Waals surface area contributed by atoms with Crippen molar-refractivity contribution in [3.8, 4) is 0 Å². The molecule has 3 rings (SSSR count). The second kappa shape index (κ2) is 4.74. The van der Waals surface area contributed by atoms with Crippen molar-refractivity contribution >= 4 is 6.09 Å². The Morgan fingerprint density at radius 1 is 1.55 bits per heavy atom. The van der Waals surface area contributed by atoms with Crippen LogP contribution in [-0.4, -0.2) is 30.8 Å². The van der Waals surface area contributed by atoms with Gasteiger partial charge in [0.1, 0.15) is 5.82 Å². The third-order valence-electron chi connectivity index (χ3n) is 4.92. The van der Waals surface area contributed by atoms with Crippen molar-refractivity contribution in [2.45, 2.75) is 18.8 Å². The number of piperidine rings is 1. The molecule has 1 aliphatic carbocycles. The number of benzene rings is 1. The molecule has 2 fully saturated rings. The summed E-state index contributed by atoms with van der Waals surface area (Å²) in [5.41, 5.74) is 0.914. The lowest BCUT2D eigenvalue weighted by Gasteiger charge is -2.20. The van der Waals surface area contributed by atoms with Crippen LogP contribution in [0.5, 0.6) is 0 Å². The van der Waals surface area contributed by atoms with Gasteiger partial charge in [0.25, 0.3) is 0 Å². The summed E-state index contributed by atoms with van der Waals surface area (Å²) in [5, 5.41) is 14.7. The lowest BCUT2D eigenvalue weighted by molar-refractivity contribution is 0.192. The molecule has 0 aromatic heterocycles. The van der Waals surface area contributed by atoms with Crippen molar-refractivity contribution in [1.29, 1.82) is 0 Å². The van der Waals surface area contributed by atoms with Gasteiger partial charge in [-0.2, -0.15) is 0 Å². The molecule has 5 heteroatoms. The molecule has 1 saturated carbocycles. The lowest BCUT2D eigenvalue weighted by atomic mass is 9.89. The molecule has 3 N–H and O–H groups in total.